The number of rotatable bonds is 4. The third-order valence-corrected chi connectivity index (χ3v) is 3.94. The van der Waals surface area contributed by atoms with E-state index in [4.69, 9.17) is 12.2 Å². The molecule has 0 saturated carbocycles. The van der Waals surface area contributed by atoms with Crippen LogP contribution >= 0.6 is 12.2 Å². The number of aromatic nitrogens is 2. The van der Waals surface area contributed by atoms with E-state index in [2.05, 4.69) is 9.97 Å². The van der Waals surface area contributed by atoms with E-state index < -0.39 is 4.92 Å². The van der Waals surface area contributed by atoms with Crippen LogP contribution in [0.25, 0.3) is 11.0 Å². The van der Waals surface area contributed by atoms with Crippen LogP contribution in [0.15, 0.2) is 42.5 Å². The van der Waals surface area contributed by atoms with E-state index in [0.717, 1.165) is 16.8 Å². The van der Waals surface area contributed by atoms with Gasteiger partial charge < -0.3 is 9.88 Å². The molecule has 3 aromatic rings. The van der Waals surface area contributed by atoms with Crippen LogP contribution in [0, 0.1) is 10.1 Å². The molecular formula is C16H14N4O2S. The summed E-state index contributed by atoms with van der Waals surface area (Å²) in [5.41, 5.74) is 3.13. The fourth-order valence-electron chi connectivity index (χ4n) is 2.40. The van der Waals surface area contributed by atoms with E-state index in [1.807, 2.05) is 43.3 Å². The van der Waals surface area contributed by atoms with Gasteiger partial charge in [-0.15, -0.1) is 0 Å². The molecule has 6 nitrogen and oxygen atoms in total. The van der Waals surface area contributed by atoms with Crippen LogP contribution in [0.2, 0.25) is 0 Å². The lowest BCUT2D eigenvalue weighted by Crippen LogP contribution is -2.14. The third-order valence-electron chi connectivity index (χ3n) is 3.52. The van der Waals surface area contributed by atoms with Crippen molar-refractivity contribution in [2.24, 2.45) is 0 Å². The van der Waals surface area contributed by atoms with Gasteiger partial charge in [-0.05, 0) is 12.1 Å². The summed E-state index contributed by atoms with van der Waals surface area (Å²) in [5.74, 6) is 0.532. The van der Waals surface area contributed by atoms with Gasteiger partial charge >= 0.3 is 0 Å². The highest BCUT2D eigenvalue weighted by atomic mass is 32.1. The van der Waals surface area contributed by atoms with Crippen molar-refractivity contribution in [2.45, 2.75) is 0 Å². The number of nitro groups is 1. The molecule has 0 aliphatic rings. The number of nitrogens with zero attached hydrogens (tertiary/aromatic N) is 3. The van der Waals surface area contributed by atoms with E-state index in [0.29, 0.717) is 16.2 Å². The highest BCUT2D eigenvalue weighted by molar-refractivity contribution is 7.81. The van der Waals surface area contributed by atoms with Crippen LogP contribution in [0.4, 0.5) is 11.4 Å². The number of anilines is 1. The Morgan fingerprint density at radius 1 is 1.26 bits per heavy atom. The zero-order valence-electron chi connectivity index (χ0n) is 12.6. The lowest BCUT2D eigenvalue weighted by atomic mass is 10.1. The zero-order chi connectivity index (χ0) is 16.6. The Balaban J connectivity index is 2.07. The first-order valence-electron chi connectivity index (χ1n) is 6.92. The number of fused-ring (bicyclic) bond motifs is 1. The standard InChI is InChI=1S/C16H14N4O2S/c1-19(2)14-6-4-3-5-11(14)15(23)16-17-12-8-7-10(20(21)22)9-13(12)18-16/h3-9H,1-2H3,(H,17,18). The van der Waals surface area contributed by atoms with Crippen molar-refractivity contribution in [2.75, 3.05) is 19.0 Å². The fraction of sp³-hybridized carbons (Fsp3) is 0.125. The number of H-pyrrole nitrogens is 1. The van der Waals surface area contributed by atoms with Crippen molar-refractivity contribution >= 4 is 39.5 Å². The number of hydrogen-bond donors (Lipinski definition) is 1. The van der Waals surface area contributed by atoms with Gasteiger partial charge in [0.15, 0.2) is 0 Å². The van der Waals surface area contributed by atoms with Crippen LogP contribution < -0.4 is 4.90 Å². The maximum Gasteiger partial charge on any atom is 0.271 e. The number of nitro benzene ring substituents is 1. The number of non-ortho nitro benzene ring substituents is 1. The summed E-state index contributed by atoms with van der Waals surface area (Å²) >= 11 is 5.56. The van der Waals surface area contributed by atoms with Crippen molar-refractivity contribution < 1.29 is 4.92 Å². The van der Waals surface area contributed by atoms with Gasteiger partial charge in [0.1, 0.15) is 5.82 Å². The molecule has 1 heterocycles. The van der Waals surface area contributed by atoms with Gasteiger partial charge in [-0.25, -0.2) is 4.98 Å². The summed E-state index contributed by atoms with van der Waals surface area (Å²) in [6, 6.07) is 12.3. The Bertz CT molecular complexity index is 917. The predicted molar refractivity (Wildman–Crippen MR) is 94.3 cm³/mol. The maximum atomic E-state index is 10.9. The van der Waals surface area contributed by atoms with Crippen molar-refractivity contribution in [3.05, 3.63) is 64.0 Å². The van der Waals surface area contributed by atoms with E-state index in [1.165, 1.54) is 12.1 Å². The lowest BCUT2D eigenvalue weighted by Gasteiger charge is -2.17. The molecule has 23 heavy (non-hydrogen) atoms. The summed E-state index contributed by atoms with van der Waals surface area (Å²) < 4.78 is 0. The predicted octanol–water partition coefficient (Wildman–Crippen LogP) is 3.30. The van der Waals surface area contributed by atoms with E-state index in [-0.39, 0.29) is 5.69 Å². The molecule has 0 atom stereocenters. The Kier molecular flexibility index (Phi) is 3.79. The second-order valence-electron chi connectivity index (χ2n) is 5.28. The first-order chi connectivity index (χ1) is 11.0. The van der Waals surface area contributed by atoms with E-state index in [9.17, 15) is 10.1 Å². The monoisotopic (exact) mass is 326 g/mol. The molecule has 1 N–H and O–H groups in total. The van der Waals surface area contributed by atoms with Crippen LogP contribution in [0.1, 0.15) is 11.4 Å². The molecule has 0 aliphatic heterocycles. The minimum Gasteiger partial charge on any atom is -0.377 e. The fourth-order valence-corrected chi connectivity index (χ4v) is 2.67. The van der Waals surface area contributed by atoms with Crippen LogP contribution in [0.3, 0.4) is 0 Å². The molecule has 7 heteroatoms. The van der Waals surface area contributed by atoms with E-state index >= 15 is 0 Å². The van der Waals surface area contributed by atoms with Gasteiger partial charge in [0.25, 0.3) is 5.69 Å². The maximum absolute atomic E-state index is 10.9. The molecular weight excluding hydrogens is 312 g/mol. The molecule has 0 fully saturated rings. The molecule has 0 radical (unpaired) electrons. The number of thiocarbonyl (C=S) groups is 1. The quantitative estimate of drug-likeness (QED) is 0.344. The average molecular weight is 326 g/mol. The Morgan fingerprint density at radius 2 is 2.00 bits per heavy atom. The van der Waals surface area contributed by atoms with Crippen molar-refractivity contribution in [3.63, 3.8) is 0 Å². The van der Waals surface area contributed by atoms with Gasteiger partial charge in [0, 0.05) is 37.5 Å². The second-order valence-corrected chi connectivity index (χ2v) is 5.69. The molecule has 0 aliphatic carbocycles. The number of aromatic amines is 1. The van der Waals surface area contributed by atoms with Crippen LogP contribution in [-0.2, 0) is 0 Å². The smallest absolute Gasteiger partial charge is 0.271 e. The number of para-hydroxylation sites is 1. The molecule has 116 valence electrons. The average Bonchev–Trinajstić information content (AvgIpc) is 2.97. The molecule has 1 aromatic heterocycles. The van der Waals surface area contributed by atoms with Crippen molar-refractivity contribution in [1.82, 2.24) is 9.97 Å². The summed E-state index contributed by atoms with van der Waals surface area (Å²) in [6.07, 6.45) is 0. The largest absolute Gasteiger partial charge is 0.377 e. The highest BCUT2D eigenvalue weighted by Gasteiger charge is 2.16. The van der Waals surface area contributed by atoms with Gasteiger partial charge in [-0.2, -0.15) is 0 Å². The zero-order valence-corrected chi connectivity index (χ0v) is 13.4. The first kappa shape index (κ1) is 15.1. The van der Waals surface area contributed by atoms with Gasteiger partial charge in [-0.3, -0.25) is 10.1 Å². The van der Waals surface area contributed by atoms with E-state index in [1.54, 1.807) is 6.07 Å². The first-order valence-corrected chi connectivity index (χ1v) is 7.33. The van der Waals surface area contributed by atoms with Gasteiger partial charge in [-0.1, -0.05) is 30.4 Å². The summed E-state index contributed by atoms with van der Waals surface area (Å²) in [4.78, 5) is 20.5. The van der Waals surface area contributed by atoms with Gasteiger partial charge in [0.2, 0.25) is 0 Å². The third kappa shape index (κ3) is 2.78. The minimum atomic E-state index is -0.437. The Morgan fingerprint density at radius 3 is 2.70 bits per heavy atom. The normalized spacial score (nSPS) is 10.7. The summed E-state index contributed by atoms with van der Waals surface area (Å²) in [6.45, 7) is 0. The van der Waals surface area contributed by atoms with Crippen LogP contribution in [0.5, 0.6) is 0 Å². The second kappa shape index (κ2) is 5.77. The Labute approximate surface area is 137 Å². The summed E-state index contributed by atoms with van der Waals surface area (Å²) in [7, 11) is 3.90. The minimum absolute atomic E-state index is 0.00941. The lowest BCUT2D eigenvalue weighted by molar-refractivity contribution is -0.384. The number of imidazole rings is 1. The number of nitrogens with one attached hydrogen (secondary N) is 1. The van der Waals surface area contributed by atoms with Crippen molar-refractivity contribution in [1.29, 1.82) is 0 Å². The molecule has 0 unspecified atom stereocenters. The molecule has 0 amide bonds. The van der Waals surface area contributed by atoms with Gasteiger partial charge in [0.05, 0.1) is 20.8 Å². The molecule has 0 saturated heterocycles. The molecule has 2 aromatic carbocycles. The number of benzene rings is 2. The van der Waals surface area contributed by atoms with Crippen molar-refractivity contribution in [3.8, 4) is 0 Å². The van der Waals surface area contributed by atoms with Crippen LogP contribution in [-0.4, -0.2) is 33.9 Å². The summed E-state index contributed by atoms with van der Waals surface area (Å²) in [5, 5.41) is 10.9. The highest BCUT2D eigenvalue weighted by Crippen LogP contribution is 2.24. The number of hydrogen-bond acceptors (Lipinski definition) is 5. The molecule has 3 rings (SSSR count). The molecule has 0 bridgehead atoms. The SMILES string of the molecule is CN(C)c1ccccc1C(=S)c1nc2cc([N+](=O)[O-])ccc2[nH]1. The molecule has 0 spiro atoms. The Hall–Kier alpha value is -2.80. The topological polar surface area (TPSA) is 75.1 Å².